The van der Waals surface area contributed by atoms with Gasteiger partial charge in [-0.3, -0.25) is 0 Å². The Bertz CT molecular complexity index is 214. The lowest BCUT2D eigenvalue weighted by molar-refractivity contribution is 0.537. The monoisotopic (exact) mass is 244 g/mol. The standard InChI is InChI=1S/C12H28OSi2/c1-8-11-15(7,12(4)9-2)13-14(5,6)10-3/h4,8-11H2,1-3,5-7H3. The Hall–Kier alpha value is 0.134. The fourth-order valence-corrected chi connectivity index (χ4v) is 10.3. The van der Waals surface area contributed by atoms with Crippen molar-refractivity contribution in [3.8, 4) is 0 Å². The molecule has 1 atom stereocenters. The highest BCUT2D eigenvalue weighted by Gasteiger charge is 2.36. The topological polar surface area (TPSA) is 9.23 Å². The molecule has 15 heavy (non-hydrogen) atoms. The van der Waals surface area contributed by atoms with Gasteiger partial charge in [-0.15, -0.1) is 6.58 Å². The van der Waals surface area contributed by atoms with Gasteiger partial charge in [0.2, 0.25) is 8.32 Å². The van der Waals surface area contributed by atoms with Crippen LogP contribution in [0, 0.1) is 0 Å². The molecule has 0 radical (unpaired) electrons. The molecule has 0 N–H and O–H groups in total. The number of hydrogen-bond acceptors (Lipinski definition) is 1. The summed E-state index contributed by atoms with van der Waals surface area (Å²) in [5.41, 5.74) is 0. The summed E-state index contributed by atoms with van der Waals surface area (Å²) in [6.07, 6.45) is 2.30. The summed E-state index contributed by atoms with van der Waals surface area (Å²) in [4.78, 5) is 0. The first-order valence-corrected chi connectivity index (χ1v) is 11.9. The van der Waals surface area contributed by atoms with Crippen LogP contribution in [0.5, 0.6) is 0 Å². The summed E-state index contributed by atoms with van der Waals surface area (Å²) in [5.74, 6) is 0. The van der Waals surface area contributed by atoms with Gasteiger partial charge in [0.25, 0.3) is 0 Å². The van der Waals surface area contributed by atoms with Crippen LogP contribution < -0.4 is 0 Å². The van der Waals surface area contributed by atoms with Crippen molar-refractivity contribution in [3.63, 3.8) is 0 Å². The van der Waals surface area contributed by atoms with Gasteiger partial charge in [0.15, 0.2) is 8.32 Å². The Morgan fingerprint density at radius 2 is 1.67 bits per heavy atom. The molecule has 1 nitrogen and oxygen atoms in total. The molecule has 1 unspecified atom stereocenters. The zero-order valence-electron chi connectivity index (χ0n) is 11.4. The van der Waals surface area contributed by atoms with Gasteiger partial charge < -0.3 is 4.12 Å². The maximum absolute atomic E-state index is 6.55. The first kappa shape index (κ1) is 15.1. The van der Waals surface area contributed by atoms with Crippen LogP contribution in [0.2, 0.25) is 31.7 Å². The van der Waals surface area contributed by atoms with E-state index in [1.165, 1.54) is 23.7 Å². The summed E-state index contributed by atoms with van der Waals surface area (Å²) in [5, 5.41) is 1.39. The van der Waals surface area contributed by atoms with Gasteiger partial charge in [0.05, 0.1) is 0 Å². The molecule has 0 aliphatic rings. The first-order valence-electron chi connectivity index (χ1n) is 6.19. The van der Waals surface area contributed by atoms with Crippen LogP contribution in [0.3, 0.4) is 0 Å². The molecule has 0 aromatic heterocycles. The van der Waals surface area contributed by atoms with E-state index >= 15 is 0 Å². The third-order valence-corrected chi connectivity index (χ3v) is 12.3. The molecule has 0 saturated heterocycles. The molecule has 0 aliphatic heterocycles. The van der Waals surface area contributed by atoms with Crippen molar-refractivity contribution in [1.29, 1.82) is 0 Å². The second-order valence-electron chi connectivity index (χ2n) is 5.15. The normalized spacial score (nSPS) is 16.1. The van der Waals surface area contributed by atoms with Crippen molar-refractivity contribution in [1.82, 2.24) is 0 Å². The molecular weight excluding hydrogens is 216 g/mol. The zero-order valence-corrected chi connectivity index (χ0v) is 13.4. The molecule has 0 aromatic rings. The Morgan fingerprint density at radius 1 is 1.13 bits per heavy atom. The Labute approximate surface area is 98.2 Å². The van der Waals surface area contributed by atoms with Crippen LogP contribution >= 0.6 is 0 Å². The summed E-state index contributed by atoms with van der Waals surface area (Å²) in [7, 11) is -3.07. The van der Waals surface area contributed by atoms with Crippen LogP contribution in [0.4, 0.5) is 0 Å². The van der Waals surface area contributed by atoms with E-state index in [0.717, 1.165) is 6.42 Å². The van der Waals surface area contributed by atoms with Crippen LogP contribution in [0.1, 0.15) is 33.6 Å². The number of allylic oxidation sites excluding steroid dienone is 1. The molecule has 0 fully saturated rings. The second kappa shape index (κ2) is 6.01. The van der Waals surface area contributed by atoms with Gasteiger partial charge in [0, 0.05) is 0 Å². The molecule has 0 saturated carbocycles. The second-order valence-corrected chi connectivity index (χ2v) is 13.9. The minimum absolute atomic E-state index is 1.08. The summed E-state index contributed by atoms with van der Waals surface area (Å²) in [6.45, 7) is 18.0. The van der Waals surface area contributed by atoms with E-state index in [0.29, 0.717) is 0 Å². The van der Waals surface area contributed by atoms with E-state index in [1.807, 2.05) is 0 Å². The molecule has 0 amide bonds. The highest BCUT2D eigenvalue weighted by atomic mass is 28.4. The summed E-state index contributed by atoms with van der Waals surface area (Å²) >= 11 is 0. The van der Waals surface area contributed by atoms with Crippen LogP contribution in [0.25, 0.3) is 0 Å². The predicted molar refractivity (Wildman–Crippen MR) is 75.2 cm³/mol. The highest BCUT2D eigenvalue weighted by molar-refractivity contribution is 6.89. The van der Waals surface area contributed by atoms with Gasteiger partial charge in [-0.1, -0.05) is 32.4 Å². The smallest absolute Gasteiger partial charge is 0.204 e. The van der Waals surface area contributed by atoms with Gasteiger partial charge in [-0.05, 0) is 38.2 Å². The quantitative estimate of drug-likeness (QED) is 0.589. The lowest BCUT2D eigenvalue weighted by Crippen LogP contribution is -2.47. The van der Waals surface area contributed by atoms with Crippen molar-refractivity contribution in [2.24, 2.45) is 0 Å². The molecule has 0 heterocycles. The van der Waals surface area contributed by atoms with E-state index in [2.05, 4.69) is 47.0 Å². The maximum atomic E-state index is 6.55. The van der Waals surface area contributed by atoms with E-state index in [-0.39, 0.29) is 0 Å². The average molecular weight is 245 g/mol. The Balaban J connectivity index is 4.72. The van der Waals surface area contributed by atoms with Crippen molar-refractivity contribution in [2.45, 2.75) is 65.3 Å². The van der Waals surface area contributed by atoms with Gasteiger partial charge in [-0.2, -0.15) is 0 Å². The van der Waals surface area contributed by atoms with E-state index in [9.17, 15) is 0 Å². The molecule has 0 aliphatic carbocycles. The predicted octanol–water partition coefficient (Wildman–Crippen LogP) is 4.72. The highest BCUT2D eigenvalue weighted by Crippen LogP contribution is 2.29. The largest absolute Gasteiger partial charge is 0.452 e. The third-order valence-electron chi connectivity index (χ3n) is 3.25. The minimum Gasteiger partial charge on any atom is -0.452 e. The average Bonchev–Trinajstić information content (AvgIpc) is 2.16. The van der Waals surface area contributed by atoms with Crippen molar-refractivity contribution in [3.05, 3.63) is 11.8 Å². The fraction of sp³-hybridized carbons (Fsp3) is 0.833. The van der Waals surface area contributed by atoms with Gasteiger partial charge in [0.1, 0.15) is 0 Å². The molecule has 0 rings (SSSR count). The molecule has 0 aromatic carbocycles. The van der Waals surface area contributed by atoms with Crippen LogP contribution in [-0.2, 0) is 4.12 Å². The SMILES string of the molecule is C=C(CC)[Si](C)(CCC)O[Si](C)(C)CC. The third kappa shape index (κ3) is 4.66. The first-order chi connectivity index (χ1) is 6.81. The van der Waals surface area contributed by atoms with Crippen molar-refractivity contribution < 1.29 is 4.12 Å². The molecule has 0 spiro atoms. The maximum Gasteiger partial charge on any atom is 0.204 e. The molecule has 0 bridgehead atoms. The number of hydrogen-bond donors (Lipinski definition) is 0. The fourth-order valence-electron chi connectivity index (χ4n) is 1.83. The summed E-state index contributed by atoms with van der Waals surface area (Å²) < 4.78 is 6.55. The van der Waals surface area contributed by atoms with E-state index < -0.39 is 16.6 Å². The Kier molecular flexibility index (Phi) is 6.07. The van der Waals surface area contributed by atoms with E-state index in [1.54, 1.807) is 0 Å². The lowest BCUT2D eigenvalue weighted by atomic mass is 10.5. The lowest BCUT2D eigenvalue weighted by Gasteiger charge is -2.37. The molecule has 3 heteroatoms. The van der Waals surface area contributed by atoms with Gasteiger partial charge >= 0.3 is 0 Å². The zero-order chi connectivity index (χ0) is 12.1. The van der Waals surface area contributed by atoms with E-state index in [4.69, 9.17) is 4.12 Å². The van der Waals surface area contributed by atoms with Crippen molar-refractivity contribution in [2.75, 3.05) is 0 Å². The van der Waals surface area contributed by atoms with Crippen LogP contribution in [-0.4, -0.2) is 16.6 Å². The molecule has 90 valence electrons. The minimum atomic E-state index is -1.64. The Morgan fingerprint density at radius 3 is 2.00 bits per heavy atom. The van der Waals surface area contributed by atoms with Gasteiger partial charge in [-0.25, -0.2) is 0 Å². The number of rotatable bonds is 7. The molecular formula is C12H28OSi2. The van der Waals surface area contributed by atoms with Crippen molar-refractivity contribution >= 4 is 16.6 Å². The summed E-state index contributed by atoms with van der Waals surface area (Å²) in [6, 6.07) is 2.44. The van der Waals surface area contributed by atoms with Crippen LogP contribution in [0.15, 0.2) is 11.8 Å².